The van der Waals surface area contributed by atoms with Gasteiger partial charge in [0, 0.05) is 5.02 Å². The van der Waals surface area contributed by atoms with Crippen LogP contribution in [0, 0.1) is 0 Å². The molecule has 1 N–H and O–H groups in total. The van der Waals surface area contributed by atoms with E-state index in [1.807, 2.05) is 0 Å². The average Bonchev–Trinajstić information content (AvgIpc) is 3.02. The number of methoxy groups -OCH3 is 1. The molecule has 0 bridgehead atoms. The van der Waals surface area contributed by atoms with Crippen LogP contribution in [0.15, 0.2) is 29.1 Å². The van der Waals surface area contributed by atoms with Gasteiger partial charge in [0.2, 0.25) is 0 Å². The number of nitrogens with one attached hydrogen (secondary N) is 1. The van der Waals surface area contributed by atoms with Crippen molar-refractivity contribution in [3.63, 3.8) is 0 Å². The molecule has 2 aromatic heterocycles. The van der Waals surface area contributed by atoms with Crippen molar-refractivity contribution in [1.82, 2.24) is 14.8 Å². The lowest BCUT2D eigenvalue weighted by atomic mass is 10.3. The predicted molar refractivity (Wildman–Crippen MR) is 89.1 cm³/mol. The Bertz CT molecular complexity index is 881. The van der Waals surface area contributed by atoms with Crippen molar-refractivity contribution in [2.75, 3.05) is 7.11 Å². The van der Waals surface area contributed by atoms with Crippen LogP contribution in [0.4, 0.5) is 0 Å². The van der Waals surface area contributed by atoms with Gasteiger partial charge < -0.3 is 4.74 Å². The summed E-state index contributed by atoms with van der Waals surface area (Å²) in [6.07, 6.45) is 0. The summed E-state index contributed by atoms with van der Waals surface area (Å²) in [6, 6.07) is 6.58. The van der Waals surface area contributed by atoms with Gasteiger partial charge in [-0.3, -0.25) is 4.98 Å². The number of aromatic nitrogens is 3. The summed E-state index contributed by atoms with van der Waals surface area (Å²) in [4.78, 5) is 15.5. The maximum absolute atomic E-state index is 12.2. The fraction of sp³-hybridized carbons (Fsp3) is 0.0769. The van der Waals surface area contributed by atoms with E-state index >= 15 is 0 Å². The molecular formula is C13H8Cl3N3O2S. The predicted octanol–water partition coefficient (Wildman–Crippen LogP) is 4.26. The smallest absolute Gasteiger partial charge is 0.348 e. The Morgan fingerprint density at radius 3 is 2.68 bits per heavy atom. The van der Waals surface area contributed by atoms with Gasteiger partial charge in [-0.1, -0.05) is 34.8 Å². The molecule has 1 aromatic carbocycles. The van der Waals surface area contributed by atoms with Crippen molar-refractivity contribution in [3.8, 4) is 22.1 Å². The first-order valence-corrected chi connectivity index (χ1v) is 7.93. The number of H-pyrrole nitrogens is 1. The molecule has 0 saturated carbocycles. The molecule has 0 atom stereocenters. The number of rotatable bonds is 3. The summed E-state index contributed by atoms with van der Waals surface area (Å²) in [5, 5.41) is 5.14. The van der Waals surface area contributed by atoms with Crippen molar-refractivity contribution in [3.05, 3.63) is 49.1 Å². The standard InChI is InChI=1S/C13H8Cl3N3O2S/c1-21-9-3-2-6(14)4-8(9)19-13(20)17-12(18-19)10-5-7(15)11(16)22-10/h2-5H,1H3,(H,17,18,20). The van der Waals surface area contributed by atoms with Gasteiger partial charge in [0.05, 0.1) is 17.0 Å². The van der Waals surface area contributed by atoms with Gasteiger partial charge in [0.25, 0.3) is 0 Å². The van der Waals surface area contributed by atoms with Crippen molar-refractivity contribution >= 4 is 46.1 Å². The van der Waals surface area contributed by atoms with Gasteiger partial charge in [0.15, 0.2) is 5.82 Å². The van der Waals surface area contributed by atoms with E-state index in [0.717, 1.165) is 0 Å². The third-order valence-corrected chi connectivity index (χ3v) is 4.97. The molecule has 0 aliphatic carbocycles. The van der Waals surface area contributed by atoms with Crippen LogP contribution >= 0.6 is 46.1 Å². The van der Waals surface area contributed by atoms with Gasteiger partial charge in [-0.05, 0) is 24.3 Å². The van der Waals surface area contributed by atoms with Crippen LogP contribution in [0.5, 0.6) is 5.75 Å². The molecule has 0 aliphatic rings. The second-order valence-corrected chi connectivity index (χ2v) is 6.74. The van der Waals surface area contributed by atoms with E-state index in [2.05, 4.69) is 10.1 Å². The molecule has 0 unspecified atom stereocenters. The molecule has 0 aliphatic heterocycles. The van der Waals surface area contributed by atoms with E-state index in [9.17, 15) is 4.79 Å². The van der Waals surface area contributed by atoms with E-state index in [-0.39, 0.29) is 0 Å². The number of benzene rings is 1. The zero-order valence-electron chi connectivity index (χ0n) is 11.1. The third-order valence-electron chi connectivity index (χ3n) is 2.87. The molecule has 3 rings (SSSR count). The van der Waals surface area contributed by atoms with Crippen LogP contribution < -0.4 is 10.4 Å². The molecular weight excluding hydrogens is 369 g/mol. The zero-order valence-corrected chi connectivity index (χ0v) is 14.1. The Morgan fingerprint density at radius 2 is 2.05 bits per heavy atom. The quantitative estimate of drug-likeness (QED) is 0.743. The van der Waals surface area contributed by atoms with Crippen LogP contribution in [-0.4, -0.2) is 21.9 Å². The molecule has 5 nitrogen and oxygen atoms in total. The number of nitrogens with zero attached hydrogens (tertiary/aromatic N) is 2. The van der Waals surface area contributed by atoms with Crippen molar-refractivity contribution in [2.24, 2.45) is 0 Å². The van der Waals surface area contributed by atoms with Crippen LogP contribution in [0.3, 0.4) is 0 Å². The number of hydrogen-bond donors (Lipinski definition) is 1. The van der Waals surface area contributed by atoms with E-state index < -0.39 is 5.69 Å². The lowest BCUT2D eigenvalue weighted by Gasteiger charge is -2.07. The van der Waals surface area contributed by atoms with Gasteiger partial charge in [-0.15, -0.1) is 16.4 Å². The summed E-state index contributed by atoms with van der Waals surface area (Å²) in [5.41, 5.74) is 0.0208. The van der Waals surface area contributed by atoms with Gasteiger partial charge >= 0.3 is 5.69 Å². The minimum atomic E-state index is -0.420. The first-order valence-electron chi connectivity index (χ1n) is 5.98. The number of aromatic amines is 1. The highest BCUT2D eigenvalue weighted by Gasteiger charge is 2.16. The SMILES string of the molecule is COc1ccc(Cl)cc1-n1nc(-c2cc(Cl)c(Cl)s2)[nH]c1=O. The Kier molecular flexibility index (Phi) is 4.18. The normalized spacial score (nSPS) is 10.9. The fourth-order valence-corrected chi connectivity index (χ4v) is 3.37. The molecule has 9 heteroatoms. The second-order valence-electron chi connectivity index (χ2n) is 4.24. The fourth-order valence-electron chi connectivity index (χ4n) is 1.89. The maximum Gasteiger partial charge on any atom is 0.348 e. The summed E-state index contributed by atoms with van der Waals surface area (Å²) in [7, 11) is 1.50. The first-order chi connectivity index (χ1) is 10.5. The number of thiophene rings is 1. The van der Waals surface area contributed by atoms with Gasteiger partial charge in [-0.2, -0.15) is 4.68 Å². The molecule has 3 aromatic rings. The van der Waals surface area contributed by atoms with Crippen molar-refractivity contribution in [1.29, 1.82) is 0 Å². The van der Waals surface area contributed by atoms with Crippen molar-refractivity contribution in [2.45, 2.75) is 0 Å². The molecule has 0 fully saturated rings. The molecule has 0 amide bonds. The molecule has 114 valence electrons. The van der Waals surface area contributed by atoms with Crippen LogP contribution in [-0.2, 0) is 0 Å². The molecule has 0 saturated heterocycles. The summed E-state index contributed by atoms with van der Waals surface area (Å²) < 4.78 is 6.86. The Labute approximate surface area is 144 Å². The third kappa shape index (κ3) is 2.75. The first kappa shape index (κ1) is 15.4. The molecule has 0 spiro atoms. The Hall–Kier alpha value is -1.47. The Morgan fingerprint density at radius 1 is 1.27 bits per heavy atom. The average molecular weight is 377 g/mol. The summed E-state index contributed by atoms with van der Waals surface area (Å²) in [6.45, 7) is 0. The zero-order chi connectivity index (χ0) is 15.9. The largest absolute Gasteiger partial charge is 0.494 e. The lowest BCUT2D eigenvalue weighted by Crippen LogP contribution is -2.16. The highest BCUT2D eigenvalue weighted by Crippen LogP contribution is 2.36. The van der Waals surface area contributed by atoms with E-state index in [0.29, 0.717) is 36.5 Å². The van der Waals surface area contributed by atoms with E-state index in [1.165, 1.54) is 23.1 Å². The van der Waals surface area contributed by atoms with Crippen molar-refractivity contribution < 1.29 is 4.74 Å². The monoisotopic (exact) mass is 375 g/mol. The number of hydrogen-bond acceptors (Lipinski definition) is 4. The second kappa shape index (κ2) is 5.96. The lowest BCUT2D eigenvalue weighted by molar-refractivity contribution is 0.411. The summed E-state index contributed by atoms with van der Waals surface area (Å²) in [5.74, 6) is 0.845. The number of ether oxygens (including phenoxy) is 1. The Balaban J connectivity index is 2.14. The minimum Gasteiger partial charge on any atom is -0.494 e. The topological polar surface area (TPSA) is 59.9 Å². The molecule has 0 radical (unpaired) electrons. The van der Waals surface area contributed by atoms with E-state index in [4.69, 9.17) is 39.5 Å². The van der Waals surface area contributed by atoms with Crippen LogP contribution in [0.1, 0.15) is 0 Å². The molecule has 22 heavy (non-hydrogen) atoms. The molecule has 2 heterocycles. The highest BCUT2D eigenvalue weighted by molar-refractivity contribution is 7.20. The van der Waals surface area contributed by atoms with Crippen LogP contribution in [0.2, 0.25) is 14.4 Å². The van der Waals surface area contributed by atoms with E-state index in [1.54, 1.807) is 24.3 Å². The summed E-state index contributed by atoms with van der Waals surface area (Å²) >= 11 is 19.1. The van der Waals surface area contributed by atoms with Crippen LogP contribution in [0.25, 0.3) is 16.4 Å². The number of halogens is 3. The highest BCUT2D eigenvalue weighted by atomic mass is 35.5. The van der Waals surface area contributed by atoms with Gasteiger partial charge in [-0.25, -0.2) is 4.79 Å². The minimum absolute atomic E-state index is 0.367. The van der Waals surface area contributed by atoms with Gasteiger partial charge in [0.1, 0.15) is 15.8 Å². The maximum atomic E-state index is 12.2.